The lowest BCUT2D eigenvalue weighted by molar-refractivity contribution is 0.301. The second-order valence-electron chi connectivity index (χ2n) is 5.49. The topological polar surface area (TPSA) is 126 Å². The van der Waals surface area contributed by atoms with Crippen LogP contribution in [0.25, 0.3) is 16.5 Å². The summed E-state index contributed by atoms with van der Waals surface area (Å²) in [6.45, 7) is 0. The predicted molar refractivity (Wildman–Crippen MR) is 89.7 cm³/mol. The molecule has 0 fully saturated rings. The quantitative estimate of drug-likeness (QED) is 0.646. The lowest BCUT2D eigenvalue weighted by Gasteiger charge is -2.24. The van der Waals surface area contributed by atoms with Crippen molar-refractivity contribution >= 4 is 34.7 Å². The van der Waals surface area contributed by atoms with E-state index in [1.807, 2.05) is 0 Å². The number of rotatable bonds is 3. The van der Waals surface area contributed by atoms with Crippen molar-refractivity contribution in [1.82, 2.24) is 9.97 Å². The molecule has 2 aromatic heterocycles. The Morgan fingerprint density at radius 1 is 1.35 bits per heavy atom. The van der Waals surface area contributed by atoms with Crippen molar-refractivity contribution in [2.45, 2.75) is 25.4 Å². The maximum absolute atomic E-state index is 14.0. The van der Waals surface area contributed by atoms with Gasteiger partial charge in [0.05, 0.1) is 17.4 Å². The highest BCUT2D eigenvalue weighted by atomic mass is 19.1. The predicted octanol–water partition coefficient (Wildman–Crippen LogP) is 1.99. The summed E-state index contributed by atoms with van der Waals surface area (Å²) in [7, 11) is 0. The first-order valence-corrected chi connectivity index (χ1v) is 7.27. The molecule has 7 heteroatoms. The number of fused-ring (bicyclic) bond motifs is 3. The second-order valence-corrected chi connectivity index (χ2v) is 5.49. The van der Waals surface area contributed by atoms with Gasteiger partial charge in [-0.25, -0.2) is 14.4 Å². The number of hydrogen-bond acceptors (Lipinski definition) is 6. The van der Waals surface area contributed by atoms with Crippen molar-refractivity contribution in [3.05, 3.63) is 34.8 Å². The third kappa shape index (κ3) is 2.34. The van der Waals surface area contributed by atoms with Gasteiger partial charge in [-0.2, -0.15) is 0 Å². The molecule has 1 unspecified atom stereocenters. The summed E-state index contributed by atoms with van der Waals surface area (Å²) in [6, 6.07) is 0. The molecule has 3 rings (SSSR count). The number of anilines is 1. The molecule has 0 aliphatic heterocycles. The Bertz CT molecular complexity index is 842. The van der Waals surface area contributed by atoms with Crippen molar-refractivity contribution < 1.29 is 4.39 Å². The van der Waals surface area contributed by atoms with Crippen molar-refractivity contribution in [2.24, 2.45) is 5.73 Å². The fourth-order valence-electron chi connectivity index (χ4n) is 3.12. The molecule has 1 atom stereocenters. The van der Waals surface area contributed by atoms with E-state index in [-0.39, 0.29) is 12.2 Å². The van der Waals surface area contributed by atoms with Gasteiger partial charge in [0.15, 0.2) is 0 Å². The lowest BCUT2D eigenvalue weighted by Crippen LogP contribution is -2.19. The number of nitrogen functional groups attached to an aromatic ring is 1. The molecule has 118 valence electrons. The van der Waals surface area contributed by atoms with Gasteiger partial charge in [0.25, 0.3) is 0 Å². The van der Waals surface area contributed by atoms with Gasteiger partial charge in [-0.15, -0.1) is 0 Å². The average molecular weight is 312 g/mol. The molecule has 1 aliphatic carbocycles. The van der Waals surface area contributed by atoms with Gasteiger partial charge in [0.1, 0.15) is 12.0 Å². The molecule has 0 radical (unpaired) electrons. The molecule has 0 spiro atoms. The monoisotopic (exact) mass is 312 g/mol. The highest BCUT2D eigenvalue weighted by molar-refractivity contribution is 6.10. The van der Waals surface area contributed by atoms with E-state index >= 15 is 0 Å². The van der Waals surface area contributed by atoms with Crippen LogP contribution in [0.15, 0.2) is 12.4 Å². The molecule has 0 saturated heterocycles. The van der Waals surface area contributed by atoms with Gasteiger partial charge >= 0.3 is 0 Å². The molecule has 1 aliphatic rings. The molecular weight excluding hydrogens is 295 g/mol. The summed E-state index contributed by atoms with van der Waals surface area (Å²) in [5.41, 5.74) is 15.2. The number of nitrogens with two attached hydrogens (primary N) is 2. The fraction of sp³-hybridized carbons (Fsp3) is 0.250. The number of allylic oxidation sites excluding steroid dienone is 1. The van der Waals surface area contributed by atoms with E-state index in [0.717, 1.165) is 28.9 Å². The highest BCUT2D eigenvalue weighted by Gasteiger charge is 2.26. The van der Waals surface area contributed by atoms with Crippen LogP contribution in [-0.2, 0) is 12.8 Å². The molecule has 23 heavy (non-hydrogen) atoms. The third-order valence-electron chi connectivity index (χ3n) is 4.20. The Morgan fingerprint density at radius 3 is 2.78 bits per heavy atom. The number of hydrogen-bond donors (Lipinski definition) is 4. The normalized spacial score (nSPS) is 17.8. The SMILES string of the molecule is N=C/C(=C\N)c1nc2cnc(N)c(C=N)c2c2c1CC(F)CC2. The van der Waals surface area contributed by atoms with Crippen LogP contribution in [0.2, 0.25) is 0 Å². The Labute approximate surface area is 132 Å². The van der Waals surface area contributed by atoms with Crippen LogP contribution < -0.4 is 11.5 Å². The van der Waals surface area contributed by atoms with Gasteiger partial charge in [0, 0.05) is 41.6 Å². The summed E-state index contributed by atoms with van der Waals surface area (Å²) in [4.78, 5) is 8.60. The summed E-state index contributed by atoms with van der Waals surface area (Å²) in [5, 5.41) is 15.9. The van der Waals surface area contributed by atoms with E-state index < -0.39 is 6.17 Å². The van der Waals surface area contributed by atoms with Crippen molar-refractivity contribution in [1.29, 1.82) is 10.8 Å². The van der Waals surface area contributed by atoms with E-state index in [4.69, 9.17) is 22.3 Å². The molecule has 0 saturated carbocycles. The Morgan fingerprint density at radius 2 is 2.13 bits per heavy atom. The van der Waals surface area contributed by atoms with Gasteiger partial charge in [-0.05, 0) is 24.0 Å². The van der Waals surface area contributed by atoms with Gasteiger partial charge in [0.2, 0.25) is 0 Å². The van der Waals surface area contributed by atoms with Gasteiger partial charge in [-0.1, -0.05) is 0 Å². The number of alkyl halides is 1. The number of nitrogens with one attached hydrogen (secondary N) is 2. The van der Waals surface area contributed by atoms with Crippen LogP contribution in [-0.4, -0.2) is 28.6 Å². The van der Waals surface area contributed by atoms with E-state index in [0.29, 0.717) is 35.2 Å². The minimum Gasteiger partial charge on any atom is -0.404 e. The lowest BCUT2D eigenvalue weighted by atomic mass is 9.84. The first-order valence-electron chi connectivity index (χ1n) is 7.27. The Balaban J connectivity index is 2.44. The maximum Gasteiger partial charge on any atom is 0.132 e. The van der Waals surface area contributed by atoms with E-state index in [2.05, 4.69) is 9.97 Å². The standard InChI is InChI=1S/C16H17FN6/c17-9-1-2-10-11(3-9)15(8(4-18)5-19)23-13-7-22-16(21)12(6-20)14(10)13/h4-7,9,18,20H,1-3,19H2,(H2,21,22)/b8-5+,18-4?,20-6?. The van der Waals surface area contributed by atoms with Gasteiger partial charge < -0.3 is 22.3 Å². The number of pyridine rings is 2. The molecular formula is C16H17FN6. The molecule has 6 nitrogen and oxygen atoms in total. The van der Waals surface area contributed by atoms with Crippen molar-refractivity contribution in [2.75, 3.05) is 5.73 Å². The summed E-state index contributed by atoms with van der Waals surface area (Å²) >= 11 is 0. The molecule has 2 aromatic rings. The van der Waals surface area contributed by atoms with Crippen molar-refractivity contribution in [3.8, 4) is 0 Å². The zero-order chi connectivity index (χ0) is 16.6. The van der Waals surface area contributed by atoms with E-state index in [1.165, 1.54) is 6.20 Å². The zero-order valence-electron chi connectivity index (χ0n) is 12.4. The summed E-state index contributed by atoms with van der Waals surface area (Å²) < 4.78 is 14.0. The fourth-order valence-corrected chi connectivity index (χ4v) is 3.12. The minimum atomic E-state index is -0.951. The number of nitrogens with zero attached hydrogens (tertiary/aromatic N) is 2. The number of halogens is 1. The molecule has 0 amide bonds. The maximum atomic E-state index is 14.0. The van der Waals surface area contributed by atoms with Gasteiger partial charge in [-0.3, -0.25) is 0 Å². The van der Waals surface area contributed by atoms with Crippen molar-refractivity contribution in [3.63, 3.8) is 0 Å². The number of aromatic nitrogens is 2. The second kappa shape index (κ2) is 5.75. The highest BCUT2D eigenvalue weighted by Crippen LogP contribution is 2.35. The first-order chi connectivity index (χ1) is 11.1. The summed E-state index contributed by atoms with van der Waals surface area (Å²) in [6.07, 6.45) is 5.32. The molecule has 6 N–H and O–H groups in total. The van der Waals surface area contributed by atoms with Crippen LogP contribution in [0.3, 0.4) is 0 Å². The average Bonchev–Trinajstić information content (AvgIpc) is 2.56. The summed E-state index contributed by atoms with van der Waals surface area (Å²) in [5.74, 6) is 0.258. The molecule has 0 aromatic carbocycles. The third-order valence-corrected chi connectivity index (χ3v) is 4.20. The number of aryl methyl sites for hydroxylation is 1. The largest absolute Gasteiger partial charge is 0.404 e. The smallest absolute Gasteiger partial charge is 0.132 e. The van der Waals surface area contributed by atoms with Crippen LogP contribution in [0.4, 0.5) is 10.2 Å². The molecule has 2 heterocycles. The van der Waals surface area contributed by atoms with E-state index in [1.54, 1.807) is 6.20 Å². The minimum absolute atomic E-state index is 0.221. The van der Waals surface area contributed by atoms with E-state index in [9.17, 15) is 4.39 Å². The van der Waals surface area contributed by atoms with Crippen LogP contribution in [0.5, 0.6) is 0 Å². The van der Waals surface area contributed by atoms with Crippen LogP contribution in [0, 0.1) is 10.8 Å². The zero-order valence-corrected chi connectivity index (χ0v) is 12.4. The molecule has 0 bridgehead atoms. The Kier molecular flexibility index (Phi) is 3.77. The van der Waals surface area contributed by atoms with Crippen LogP contribution in [0.1, 0.15) is 28.8 Å². The first kappa shape index (κ1) is 15.1. The van der Waals surface area contributed by atoms with Crippen LogP contribution >= 0.6 is 0 Å². The Hall–Kier alpha value is -2.83.